The van der Waals surface area contributed by atoms with Crippen LogP contribution in [-0.4, -0.2) is 23.3 Å². The third-order valence-electron chi connectivity index (χ3n) is 4.74. The monoisotopic (exact) mass is 360 g/mol. The maximum atomic E-state index is 11.6. The van der Waals surface area contributed by atoms with Crippen LogP contribution in [0.4, 0.5) is 0 Å². The van der Waals surface area contributed by atoms with Gasteiger partial charge in [-0.25, -0.2) is 0 Å². The van der Waals surface area contributed by atoms with Gasteiger partial charge in [0.1, 0.15) is 5.58 Å². The molecule has 25 heavy (non-hydrogen) atoms. The molecule has 0 saturated heterocycles. The van der Waals surface area contributed by atoms with Gasteiger partial charge in [-0.15, -0.1) is 10.2 Å². The summed E-state index contributed by atoms with van der Waals surface area (Å²) in [6.45, 7) is 0. The summed E-state index contributed by atoms with van der Waals surface area (Å²) in [5.41, 5.74) is 0.720. The largest absolute Gasteiger partial charge is 0.469 e. The fraction of sp³-hybridized carbons (Fsp3) is 0.389. The number of hydrogen-bond donors (Lipinski definition) is 0. The van der Waals surface area contributed by atoms with E-state index in [4.69, 9.17) is 25.2 Å². The Labute approximate surface area is 149 Å². The Morgan fingerprint density at radius 3 is 2.72 bits per heavy atom. The second kappa shape index (κ2) is 6.52. The highest BCUT2D eigenvalue weighted by Crippen LogP contribution is 2.37. The zero-order valence-electron chi connectivity index (χ0n) is 13.7. The summed E-state index contributed by atoms with van der Waals surface area (Å²) in [6, 6.07) is 7.25. The number of halogens is 1. The molecule has 3 aromatic rings. The van der Waals surface area contributed by atoms with Crippen molar-refractivity contribution in [3.63, 3.8) is 0 Å². The topological polar surface area (TPSA) is 78.4 Å². The number of fused-ring (bicyclic) bond motifs is 1. The quantitative estimate of drug-likeness (QED) is 0.636. The molecule has 1 saturated carbocycles. The van der Waals surface area contributed by atoms with Crippen molar-refractivity contribution in [2.24, 2.45) is 5.92 Å². The standard InChI is InChI=1S/C18H17ClN2O4/c1-23-18(22)11-4-2-10(3-5-11)16-20-21-17(25-16)15-9-12-8-13(19)6-7-14(12)24-15/h6-11H,2-5H2,1H3. The summed E-state index contributed by atoms with van der Waals surface area (Å²) in [5, 5.41) is 9.83. The molecule has 0 N–H and O–H groups in total. The van der Waals surface area contributed by atoms with E-state index in [0.717, 1.165) is 36.7 Å². The van der Waals surface area contributed by atoms with E-state index in [0.29, 0.717) is 22.6 Å². The van der Waals surface area contributed by atoms with Crippen molar-refractivity contribution in [2.45, 2.75) is 31.6 Å². The third-order valence-corrected chi connectivity index (χ3v) is 4.98. The molecule has 0 amide bonds. The molecule has 2 aromatic heterocycles. The lowest BCUT2D eigenvalue weighted by Crippen LogP contribution is -2.22. The van der Waals surface area contributed by atoms with Crippen LogP contribution in [0.1, 0.15) is 37.5 Å². The molecule has 4 rings (SSSR count). The van der Waals surface area contributed by atoms with Crippen molar-refractivity contribution in [2.75, 3.05) is 7.11 Å². The van der Waals surface area contributed by atoms with E-state index in [1.54, 1.807) is 6.07 Å². The molecule has 130 valence electrons. The highest BCUT2D eigenvalue weighted by atomic mass is 35.5. The second-order valence-corrected chi connectivity index (χ2v) is 6.75. The molecule has 0 aliphatic heterocycles. The van der Waals surface area contributed by atoms with E-state index in [1.807, 2.05) is 18.2 Å². The number of hydrogen-bond acceptors (Lipinski definition) is 6. The highest BCUT2D eigenvalue weighted by molar-refractivity contribution is 6.31. The van der Waals surface area contributed by atoms with E-state index in [2.05, 4.69) is 10.2 Å². The van der Waals surface area contributed by atoms with Crippen LogP contribution < -0.4 is 0 Å². The molecule has 0 bridgehead atoms. The number of nitrogens with zero attached hydrogens (tertiary/aromatic N) is 2. The average Bonchev–Trinajstić information content (AvgIpc) is 3.27. The van der Waals surface area contributed by atoms with Gasteiger partial charge in [0.05, 0.1) is 13.0 Å². The number of esters is 1. The van der Waals surface area contributed by atoms with Crippen LogP contribution in [0.15, 0.2) is 33.1 Å². The molecule has 1 fully saturated rings. The van der Waals surface area contributed by atoms with Crippen LogP contribution in [0.2, 0.25) is 5.02 Å². The van der Waals surface area contributed by atoms with Crippen molar-refractivity contribution < 1.29 is 18.4 Å². The van der Waals surface area contributed by atoms with Crippen molar-refractivity contribution in [1.29, 1.82) is 0 Å². The molecule has 0 unspecified atom stereocenters. The Bertz CT molecular complexity index is 909. The molecule has 7 heteroatoms. The SMILES string of the molecule is COC(=O)C1CCC(c2nnc(-c3cc4cc(Cl)ccc4o3)o2)CC1. The van der Waals surface area contributed by atoms with E-state index < -0.39 is 0 Å². The molecular formula is C18H17ClN2O4. The lowest BCUT2D eigenvalue weighted by atomic mass is 9.82. The van der Waals surface area contributed by atoms with Crippen LogP contribution >= 0.6 is 11.6 Å². The lowest BCUT2D eigenvalue weighted by Gasteiger charge is -2.24. The Hall–Kier alpha value is -2.34. The number of carbonyl (C=O) groups is 1. The minimum Gasteiger partial charge on any atom is -0.469 e. The summed E-state index contributed by atoms with van der Waals surface area (Å²) >= 11 is 6.00. The van der Waals surface area contributed by atoms with Gasteiger partial charge in [0.2, 0.25) is 5.89 Å². The van der Waals surface area contributed by atoms with Crippen molar-refractivity contribution in [3.8, 4) is 11.7 Å². The Kier molecular flexibility index (Phi) is 4.21. The average molecular weight is 361 g/mol. The molecule has 0 radical (unpaired) electrons. The summed E-state index contributed by atoms with van der Waals surface area (Å²) in [4.78, 5) is 11.6. The zero-order valence-corrected chi connectivity index (χ0v) is 14.5. The van der Waals surface area contributed by atoms with Gasteiger partial charge in [-0.2, -0.15) is 0 Å². The van der Waals surface area contributed by atoms with E-state index in [1.165, 1.54) is 7.11 Å². The van der Waals surface area contributed by atoms with Crippen LogP contribution in [0.5, 0.6) is 0 Å². The van der Waals surface area contributed by atoms with Gasteiger partial charge in [-0.3, -0.25) is 4.79 Å². The normalized spacial score (nSPS) is 20.7. The number of furan rings is 1. The van der Waals surface area contributed by atoms with E-state index in [-0.39, 0.29) is 17.8 Å². The fourth-order valence-corrected chi connectivity index (χ4v) is 3.54. The Balaban J connectivity index is 1.51. The molecule has 2 heterocycles. The van der Waals surface area contributed by atoms with Crippen LogP contribution in [0.25, 0.3) is 22.6 Å². The van der Waals surface area contributed by atoms with E-state index in [9.17, 15) is 4.79 Å². The number of methoxy groups -OCH3 is 1. The first-order chi connectivity index (χ1) is 12.1. The molecule has 0 atom stereocenters. The van der Waals surface area contributed by atoms with E-state index >= 15 is 0 Å². The molecule has 0 spiro atoms. The molecular weight excluding hydrogens is 344 g/mol. The number of rotatable bonds is 3. The minimum atomic E-state index is -0.134. The van der Waals surface area contributed by atoms with Gasteiger partial charge in [-0.1, -0.05) is 11.6 Å². The fourth-order valence-electron chi connectivity index (χ4n) is 3.36. The smallest absolute Gasteiger partial charge is 0.308 e. The molecule has 1 aliphatic carbocycles. The maximum absolute atomic E-state index is 11.6. The van der Waals surface area contributed by atoms with Gasteiger partial charge in [0.15, 0.2) is 5.76 Å². The molecule has 1 aromatic carbocycles. The van der Waals surface area contributed by atoms with Crippen molar-refractivity contribution in [3.05, 3.63) is 35.2 Å². The predicted octanol–water partition coefficient (Wildman–Crippen LogP) is 4.58. The molecule has 6 nitrogen and oxygen atoms in total. The zero-order chi connectivity index (χ0) is 17.4. The summed E-state index contributed by atoms with van der Waals surface area (Å²) in [5.74, 6) is 1.49. The van der Waals surface area contributed by atoms with Gasteiger partial charge in [0.25, 0.3) is 5.89 Å². The van der Waals surface area contributed by atoms with Gasteiger partial charge < -0.3 is 13.6 Å². The number of benzene rings is 1. The van der Waals surface area contributed by atoms with Gasteiger partial charge in [0, 0.05) is 16.3 Å². The van der Waals surface area contributed by atoms with Crippen molar-refractivity contribution in [1.82, 2.24) is 10.2 Å². The number of carbonyl (C=O) groups excluding carboxylic acids is 1. The Morgan fingerprint density at radius 2 is 1.96 bits per heavy atom. The number of ether oxygens (including phenoxy) is 1. The highest BCUT2D eigenvalue weighted by Gasteiger charge is 2.30. The summed E-state index contributed by atoms with van der Waals surface area (Å²) < 4.78 is 16.4. The first-order valence-corrected chi connectivity index (χ1v) is 8.62. The Morgan fingerprint density at radius 1 is 1.16 bits per heavy atom. The minimum absolute atomic E-state index is 0.0243. The van der Waals surface area contributed by atoms with Crippen LogP contribution in [0, 0.1) is 5.92 Å². The molecule has 1 aliphatic rings. The lowest BCUT2D eigenvalue weighted by molar-refractivity contribution is -0.146. The van der Waals surface area contributed by atoms with Crippen LogP contribution in [-0.2, 0) is 9.53 Å². The summed E-state index contributed by atoms with van der Waals surface area (Å²) in [6.07, 6.45) is 3.21. The second-order valence-electron chi connectivity index (χ2n) is 6.31. The first kappa shape index (κ1) is 16.1. The van der Waals surface area contributed by atoms with Crippen LogP contribution in [0.3, 0.4) is 0 Å². The predicted molar refractivity (Wildman–Crippen MR) is 91.2 cm³/mol. The van der Waals surface area contributed by atoms with Gasteiger partial charge >= 0.3 is 5.97 Å². The maximum Gasteiger partial charge on any atom is 0.308 e. The first-order valence-electron chi connectivity index (χ1n) is 8.24. The number of aromatic nitrogens is 2. The van der Waals surface area contributed by atoms with Crippen molar-refractivity contribution >= 4 is 28.5 Å². The van der Waals surface area contributed by atoms with Gasteiger partial charge in [-0.05, 0) is 49.9 Å². The summed E-state index contributed by atoms with van der Waals surface area (Å²) in [7, 11) is 1.43. The third kappa shape index (κ3) is 3.14.